The summed E-state index contributed by atoms with van der Waals surface area (Å²) in [5, 5.41) is 0. The molecule has 100 valence electrons. The molecule has 0 aromatic rings. The van der Waals surface area contributed by atoms with Crippen LogP contribution in [0.1, 0.15) is 64.7 Å². The molecular formula is C14H26BrNO. The van der Waals surface area contributed by atoms with Crippen molar-refractivity contribution in [2.75, 3.05) is 13.1 Å². The van der Waals surface area contributed by atoms with Gasteiger partial charge in [0.1, 0.15) is 0 Å². The van der Waals surface area contributed by atoms with Crippen LogP contribution in [0.2, 0.25) is 0 Å². The molecule has 0 aliphatic carbocycles. The fourth-order valence-corrected chi connectivity index (χ4v) is 3.00. The summed E-state index contributed by atoms with van der Waals surface area (Å²) in [6.07, 6.45) is 11.4. The minimum atomic E-state index is 0.329. The molecule has 0 radical (unpaired) electrons. The zero-order chi connectivity index (χ0) is 12.5. The second kappa shape index (κ2) is 8.96. The van der Waals surface area contributed by atoms with Crippen molar-refractivity contribution >= 4 is 21.8 Å². The number of likely N-dealkylation sites (tertiary alicyclic amines) is 1. The SMILES string of the molecule is CCCCCCCCCCN1CC(Br)CC1=O. The van der Waals surface area contributed by atoms with E-state index in [4.69, 9.17) is 0 Å². The predicted molar refractivity (Wildman–Crippen MR) is 76.5 cm³/mol. The number of unbranched alkanes of at least 4 members (excludes halogenated alkanes) is 7. The van der Waals surface area contributed by atoms with Crippen molar-refractivity contribution in [3.05, 3.63) is 0 Å². The maximum atomic E-state index is 11.5. The second-order valence-electron chi connectivity index (χ2n) is 5.12. The molecule has 3 heteroatoms. The van der Waals surface area contributed by atoms with Crippen LogP contribution in [0.5, 0.6) is 0 Å². The number of carbonyl (C=O) groups excluding carboxylic acids is 1. The van der Waals surface area contributed by atoms with Gasteiger partial charge in [0.2, 0.25) is 5.91 Å². The summed E-state index contributed by atoms with van der Waals surface area (Å²) in [5.41, 5.74) is 0. The van der Waals surface area contributed by atoms with Crippen molar-refractivity contribution in [2.45, 2.75) is 69.5 Å². The lowest BCUT2D eigenvalue weighted by molar-refractivity contribution is -0.127. The van der Waals surface area contributed by atoms with Gasteiger partial charge in [-0.2, -0.15) is 0 Å². The molecular weight excluding hydrogens is 278 g/mol. The summed E-state index contributed by atoms with van der Waals surface area (Å²) in [7, 11) is 0. The Morgan fingerprint density at radius 3 is 2.24 bits per heavy atom. The normalized spacial score (nSPS) is 20.2. The Balaban J connectivity index is 1.89. The van der Waals surface area contributed by atoms with Crippen LogP contribution in [-0.4, -0.2) is 28.7 Å². The van der Waals surface area contributed by atoms with Gasteiger partial charge in [-0.25, -0.2) is 0 Å². The second-order valence-corrected chi connectivity index (χ2v) is 6.41. The number of nitrogens with zero attached hydrogens (tertiary/aromatic N) is 1. The highest BCUT2D eigenvalue weighted by atomic mass is 79.9. The molecule has 0 saturated carbocycles. The lowest BCUT2D eigenvalue weighted by Crippen LogP contribution is -2.26. The van der Waals surface area contributed by atoms with Gasteiger partial charge in [0.05, 0.1) is 0 Å². The van der Waals surface area contributed by atoms with E-state index in [0.717, 1.165) is 13.1 Å². The Morgan fingerprint density at radius 1 is 1.12 bits per heavy atom. The molecule has 0 bridgehead atoms. The van der Waals surface area contributed by atoms with Crippen LogP contribution in [0, 0.1) is 0 Å². The monoisotopic (exact) mass is 303 g/mol. The summed E-state index contributed by atoms with van der Waals surface area (Å²) >= 11 is 3.51. The zero-order valence-corrected chi connectivity index (χ0v) is 12.7. The van der Waals surface area contributed by atoms with E-state index in [-0.39, 0.29) is 0 Å². The van der Waals surface area contributed by atoms with E-state index in [9.17, 15) is 4.79 Å². The van der Waals surface area contributed by atoms with E-state index in [2.05, 4.69) is 22.9 Å². The smallest absolute Gasteiger partial charge is 0.223 e. The molecule has 0 N–H and O–H groups in total. The van der Waals surface area contributed by atoms with Gasteiger partial charge in [0.15, 0.2) is 0 Å². The van der Waals surface area contributed by atoms with E-state index in [1.807, 2.05) is 4.90 Å². The highest BCUT2D eigenvalue weighted by Gasteiger charge is 2.26. The van der Waals surface area contributed by atoms with Crippen LogP contribution < -0.4 is 0 Å². The van der Waals surface area contributed by atoms with E-state index >= 15 is 0 Å². The molecule has 1 atom stereocenters. The first-order valence-corrected chi connectivity index (χ1v) is 8.07. The number of hydrogen-bond acceptors (Lipinski definition) is 1. The largest absolute Gasteiger partial charge is 0.342 e. The molecule has 1 amide bonds. The van der Waals surface area contributed by atoms with Crippen molar-refractivity contribution in [1.29, 1.82) is 0 Å². The van der Waals surface area contributed by atoms with Crippen molar-refractivity contribution in [1.82, 2.24) is 4.90 Å². The summed E-state index contributed by atoms with van der Waals surface area (Å²) in [6, 6.07) is 0. The zero-order valence-electron chi connectivity index (χ0n) is 11.1. The van der Waals surface area contributed by atoms with E-state index in [1.54, 1.807) is 0 Å². The number of amides is 1. The number of rotatable bonds is 9. The van der Waals surface area contributed by atoms with E-state index in [1.165, 1.54) is 51.4 Å². The number of halogens is 1. The topological polar surface area (TPSA) is 20.3 Å². The van der Waals surface area contributed by atoms with Gasteiger partial charge in [-0.3, -0.25) is 4.79 Å². The third kappa shape index (κ3) is 6.44. The Bertz CT molecular complexity index is 220. The van der Waals surface area contributed by atoms with Crippen LogP contribution in [0.3, 0.4) is 0 Å². The Labute approximate surface area is 114 Å². The van der Waals surface area contributed by atoms with Crippen molar-refractivity contribution in [3.8, 4) is 0 Å². The third-order valence-electron chi connectivity index (χ3n) is 3.45. The molecule has 0 aromatic carbocycles. The highest BCUT2D eigenvalue weighted by molar-refractivity contribution is 9.09. The lowest BCUT2D eigenvalue weighted by Gasteiger charge is -2.15. The minimum absolute atomic E-state index is 0.329. The molecule has 1 fully saturated rings. The summed E-state index contributed by atoms with van der Waals surface area (Å²) in [5.74, 6) is 0.329. The highest BCUT2D eigenvalue weighted by Crippen LogP contribution is 2.18. The minimum Gasteiger partial charge on any atom is -0.342 e. The molecule has 2 nitrogen and oxygen atoms in total. The molecule has 17 heavy (non-hydrogen) atoms. The maximum absolute atomic E-state index is 11.5. The first kappa shape index (κ1) is 15.0. The van der Waals surface area contributed by atoms with E-state index < -0.39 is 0 Å². The molecule has 1 aliphatic rings. The molecule has 0 aromatic heterocycles. The van der Waals surface area contributed by atoms with Gasteiger partial charge in [0, 0.05) is 24.3 Å². The van der Waals surface area contributed by atoms with Gasteiger partial charge >= 0.3 is 0 Å². The van der Waals surface area contributed by atoms with Crippen LogP contribution in [0.15, 0.2) is 0 Å². The molecule has 1 unspecified atom stereocenters. The quantitative estimate of drug-likeness (QED) is 0.463. The van der Waals surface area contributed by atoms with Crippen molar-refractivity contribution in [3.63, 3.8) is 0 Å². The Kier molecular flexibility index (Phi) is 7.91. The summed E-state index contributed by atoms with van der Waals surface area (Å²) in [4.78, 5) is 13.9. The van der Waals surface area contributed by atoms with Gasteiger partial charge in [-0.05, 0) is 6.42 Å². The van der Waals surface area contributed by atoms with Crippen LogP contribution >= 0.6 is 15.9 Å². The predicted octanol–water partition coefficient (Wildman–Crippen LogP) is 4.12. The van der Waals surface area contributed by atoms with Crippen LogP contribution in [-0.2, 0) is 4.79 Å². The first-order valence-electron chi connectivity index (χ1n) is 7.16. The van der Waals surface area contributed by atoms with Gasteiger partial charge in [-0.1, -0.05) is 67.8 Å². The summed E-state index contributed by atoms with van der Waals surface area (Å²) in [6.45, 7) is 4.13. The van der Waals surface area contributed by atoms with Crippen LogP contribution in [0.4, 0.5) is 0 Å². The Morgan fingerprint density at radius 2 is 1.71 bits per heavy atom. The average molecular weight is 304 g/mol. The van der Waals surface area contributed by atoms with Crippen molar-refractivity contribution in [2.24, 2.45) is 0 Å². The fourth-order valence-electron chi connectivity index (χ4n) is 2.38. The fraction of sp³-hybridized carbons (Fsp3) is 0.929. The molecule has 0 spiro atoms. The van der Waals surface area contributed by atoms with Crippen molar-refractivity contribution < 1.29 is 4.79 Å². The molecule has 1 rings (SSSR count). The summed E-state index contributed by atoms with van der Waals surface area (Å²) < 4.78 is 0. The van der Waals surface area contributed by atoms with Gasteiger partial charge in [0.25, 0.3) is 0 Å². The first-order chi connectivity index (χ1) is 8.24. The van der Waals surface area contributed by atoms with Crippen LogP contribution in [0.25, 0.3) is 0 Å². The molecule has 1 aliphatic heterocycles. The number of alkyl halides is 1. The maximum Gasteiger partial charge on any atom is 0.223 e. The molecule has 1 saturated heterocycles. The Hall–Kier alpha value is -0.0500. The van der Waals surface area contributed by atoms with Gasteiger partial charge < -0.3 is 4.90 Å². The lowest BCUT2D eigenvalue weighted by atomic mass is 10.1. The standard InChI is InChI=1S/C14H26BrNO/c1-2-3-4-5-6-7-8-9-10-16-12-13(15)11-14(16)17/h13H,2-12H2,1H3. The number of hydrogen-bond donors (Lipinski definition) is 0. The number of carbonyl (C=O) groups is 1. The third-order valence-corrected chi connectivity index (χ3v) is 4.06. The van der Waals surface area contributed by atoms with E-state index in [0.29, 0.717) is 17.2 Å². The van der Waals surface area contributed by atoms with Gasteiger partial charge in [-0.15, -0.1) is 0 Å². The average Bonchev–Trinajstić information content (AvgIpc) is 2.61. The molecule has 1 heterocycles.